The normalized spacial score (nSPS) is 15.7. The molecule has 1 aliphatic heterocycles. The highest BCUT2D eigenvalue weighted by Gasteiger charge is 2.32. The molecule has 1 aliphatic carbocycles. The minimum atomic E-state index is -3.92. The van der Waals surface area contributed by atoms with E-state index < -0.39 is 10.0 Å². The molecule has 1 amide bonds. The van der Waals surface area contributed by atoms with Crippen LogP contribution in [0.2, 0.25) is 0 Å². The number of nitrogens with zero attached hydrogens (tertiary/aromatic N) is 3. The molecule has 3 aromatic rings. The number of anilines is 2. The molecule has 33 heavy (non-hydrogen) atoms. The predicted octanol–water partition coefficient (Wildman–Crippen LogP) is 2.99. The number of rotatable bonds is 7. The van der Waals surface area contributed by atoms with E-state index in [2.05, 4.69) is 14.9 Å². The fraction of sp³-hybridized carbons (Fsp3) is 0.318. The number of benzene rings is 2. The highest BCUT2D eigenvalue weighted by atomic mass is 32.2. The number of sulfonamides is 1. The van der Waals surface area contributed by atoms with Gasteiger partial charge in [0.05, 0.1) is 29.9 Å². The lowest BCUT2D eigenvalue weighted by atomic mass is 10.1. The van der Waals surface area contributed by atoms with Gasteiger partial charge in [-0.1, -0.05) is 11.2 Å². The third kappa shape index (κ3) is 4.23. The summed E-state index contributed by atoms with van der Waals surface area (Å²) in [6, 6.07) is 9.68. The summed E-state index contributed by atoms with van der Waals surface area (Å²) in [6.45, 7) is 1.56. The van der Waals surface area contributed by atoms with Crippen LogP contribution in [0.25, 0.3) is 0 Å². The van der Waals surface area contributed by atoms with Crippen molar-refractivity contribution in [2.75, 3.05) is 23.3 Å². The highest BCUT2D eigenvalue weighted by molar-refractivity contribution is 7.92. The van der Waals surface area contributed by atoms with E-state index in [0.717, 1.165) is 12.8 Å². The van der Waals surface area contributed by atoms with E-state index in [9.17, 15) is 13.2 Å². The number of hydrogen-bond donors (Lipinski definition) is 1. The second-order valence-electron chi connectivity index (χ2n) is 8.01. The standard InChI is InChI=1S/C22H22N4O6S/c1-13-8-17-18(10-19(13)33(28,29)25-15-4-3-5-16(9-15)30-2)31-12-21(27)26(17)11-20-23-22(32-24-20)14-6-7-14/h3-5,8-10,14,25H,6-7,11-12H2,1-2H3. The van der Waals surface area contributed by atoms with E-state index >= 15 is 0 Å². The zero-order chi connectivity index (χ0) is 23.2. The number of ether oxygens (including phenoxy) is 2. The molecule has 11 heteroatoms. The molecule has 1 fully saturated rings. The number of nitrogens with one attached hydrogen (secondary N) is 1. The van der Waals surface area contributed by atoms with E-state index in [1.807, 2.05) is 0 Å². The van der Waals surface area contributed by atoms with Gasteiger partial charge in [0.1, 0.15) is 11.5 Å². The van der Waals surface area contributed by atoms with Crippen LogP contribution in [0, 0.1) is 6.92 Å². The number of carbonyl (C=O) groups excluding carboxylic acids is 1. The van der Waals surface area contributed by atoms with Crippen LogP contribution in [0.15, 0.2) is 45.8 Å². The summed E-state index contributed by atoms with van der Waals surface area (Å²) < 4.78 is 44.8. The van der Waals surface area contributed by atoms with Crippen molar-refractivity contribution in [1.29, 1.82) is 0 Å². The minimum absolute atomic E-state index is 0.0500. The first kappa shape index (κ1) is 21.3. The smallest absolute Gasteiger partial charge is 0.265 e. The molecule has 1 N–H and O–H groups in total. The summed E-state index contributed by atoms with van der Waals surface area (Å²) in [4.78, 5) is 18.5. The van der Waals surface area contributed by atoms with Crippen molar-refractivity contribution < 1.29 is 27.2 Å². The van der Waals surface area contributed by atoms with E-state index in [1.54, 1.807) is 37.3 Å². The average molecular weight is 471 g/mol. The van der Waals surface area contributed by atoms with Gasteiger partial charge < -0.3 is 14.0 Å². The molecular weight excluding hydrogens is 448 g/mol. The minimum Gasteiger partial charge on any atom is -0.497 e. The second-order valence-corrected chi connectivity index (χ2v) is 9.67. The molecule has 172 valence electrons. The van der Waals surface area contributed by atoms with Gasteiger partial charge in [-0.05, 0) is 43.5 Å². The second kappa shape index (κ2) is 8.07. The summed E-state index contributed by atoms with van der Waals surface area (Å²) in [6.07, 6.45) is 2.06. The zero-order valence-electron chi connectivity index (χ0n) is 18.1. The van der Waals surface area contributed by atoms with Crippen molar-refractivity contribution in [2.45, 2.75) is 37.1 Å². The number of carbonyl (C=O) groups is 1. The summed E-state index contributed by atoms with van der Waals surface area (Å²) >= 11 is 0. The third-order valence-corrected chi connectivity index (χ3v) is 7.04. The van der Waals surface area contributed by atoms with E-state index in [1.165, 1.54) is 18.1 Å². The van der Waals surface area contributed by atoms with Crippen molar-refractivity contribution in [1.82, 2.24) is 10.1 Å². The predicted molar refractivity (Wildman–Crippen MR) is 118 cm³/mol. The van der Waals surface area contributed by atoms with Gasteiger partial charge in [-0.2, -0.15) is 4.98 Å². The molecule has 0 atom stereocenters. The first-order chi connectivity index (χ1) is 15.8. The number of hydrogen-bond acceptors (Lipinski definition) is 8. The van der Waals surface area contributed by atoms with Gasteiger partial charge in [0.2, 0.25) is 5.89 Å². The molecule has 2 heterocycles. The van der Waals surface area contributed by atoms with Gasteiger partial charge in [0.15, 0.2) is 12.4 Å². The Bertz CT molecular complexity index is 1330. The molecule has 1 saturated carbocycles. The van der Waals surface area contributed by atoms with Gasteiger partial charge in [0, 0.05) is 18.1 Å². The monoisotopic (exact) mass is 470 g/mol. The maximum atomic E-state index is 13.1. The molecule has 0 radical (unpaired) electrons. The summed E-state index contributed by atoms with van der Waals surface area (Å²) in [5.41, 5.74) is 1.29. The topological polar surface area (TPSA) is 124 Å². The van der Waals surface area contributed by atoms with Crippen molar-refractivity contribution >= 4 is 27.3 Å². The van der Waals surface area contributed by atoms with Crippen molar-refractivity contribution in [3.8, 4) is 11.5 Å². The van der Waals surface area contributed by atoms with Crippen molar-refractivity contribution in [3.05, 3.63) is 53.7 Å². The Morgan fingerprint density at radius 2 is 2.06 bits per heavy atom. The third-order valence-electron chi connectivity index (χ3n) is 5.52. The van der Waals surface area contributed by atoms with Crippen LogP contribution in [-0.2, 0) is 21.4 Å². The number of methoxy groups -OCH3 is 1. The summed E-state index contributed by atoms with van der Waals surface area (Å²) in [5, 5.41) is 3.98. The van der Waals surface area contributed by atoms with E-state index in [4.69, 9.17) is 14.0 Å². The van der Waals surface area contributed by atoms with Crippen molar-refractivity contribution in [3.63, 3.8) is 0 Å². The lowest BCUT2D eigenvalue weighted by Gasteiger charge is -2.29. The first-order valence-electron chi connectivity index (χ1n) is 10.4. The fourth-order valence-electron chi connectivity index (χ4n) is 3.66. The van der Waals surface area contributed by atoms with Crippen LogP contribution < -0.4 is 19.1 Å². The molecular formula is C22H22N4O6S. The molecule has 0 saturated heterocycles. The van der Waals surface area contributed by atoms with Crippen LogP contribution in [0.1, 0.15) is 36.0 Å². The first-order valence-corrected chi connectivity index (χ1v) is 11.9. The molecule has 5 rings (SSSR count). The van der Waals surface area contributed by atoms with E-state index in [0.29, 0.717) is 40.3 Å². The zero-order valence-corrected chi connectivity index (χ0v) is 18.9. The summed E-state index contributed by atoms with van der Waals surface area (Å²) in [5.74, 6) is 1.84. The van der Waals surface area contributed by atoms with Gasteiger partial charge in [-0.3, -0.25) is 14.4 Å². The Morgan fingerprint density at radius 1 is 1.24 bits per heavy atom. The van der Waals surface area contributed by atoms with Crippen LogP contribution in [0.5, 0.6) is 11.5 Å². The maximum absolute atomic E-state index is 13.1. The number of aryl methyl sites for hydroxylation is 1. The quantitative estimate of drug-likeness (QED) is 0.559. The van der Waals surface area contributed by atoms with Crippen LogP contribution in [0.4, 0.5) is 11.4 Å². The molecule has 2 aromatic carbocycles. The Labute approximate surface area is 190 Å². The van der Waals surface area contributed by atoms with Crippen LogP contribution >= 0.6 is 0 Å². The van der Waals surface area contributed by atoms with Gasteiger partial charge in [0.25, 0.3) is 15.9 Å². The lowest BCUT2D eigenvalue weighted by Crippen LogP contribution is -2.38. The molecule has 0 bridgehead atoms. The SMILES string of the molecule is COc1cccc(NS(=O)(=O)c2cc3c(cc2C)N(Cc2noc(C4CC4)n2)C(=O)CO3)c1. The molecule has 1 aromatic heterocycles. The van der Waals surface area contributed by atoms with E-state index in [-0.39, 0.29) is 29.7 Å². The molecule has 0 spiro atoms. The van der Waals surface area contributed by atoms with Gasteiger partial charge >= 0.3 is 0 Å². The Balaban J connectivity index is 1.44. The van der Waals surface area contributed by atoms with Crippen LogP contribution in [0.3, 0.4) is 0 Å². The van der Waals surface area contributed by atoms with Gasteiger partial charge in [-0.15, -0.1) is 0 Å². The Kier molecular flexibility index (Phi) is 5.20. The average Bonchev–Trinajstić information content (AvgIpc) is 3.53. The molecule has 2 aliphatic rings. The number of amides is 1. The Morgan fingerprint density at radius 3 is 2.82 bits per heavy atom. The summed E-state index contributed by atoms with van der Waals surface area (Å²) in [7, 11) is -2.41. The molecule has 0 unspecified atom stereocenters. The maximum Gasteiger partial charge on any atom is 0.265 e. The highest BCUT2D eigenvalue weighted by Crippen LogP contribution is 2.40. The largest absolute Gasteiger partial charge is 0.497 e. The lowest BCUT2D eigenvalue weighted by molar-refractivity contribution is -0.121. The number of fused-ring (bicyclic) bond motifs is 1. The number of aromatic nitrogens is 2. The van der Waals surface area contributed by atoms with Crippen molar-refractivity contribution in [2.24, 2.45) is 0 Å². The Hall–Kier alpha value is -3.60. The molecule has 10 nitrogen and oxygen atoms in total. The fourth-order valence-corrected chi connectivity index (χ4v) is 4.95. The van der Waals surface area contributed by atoms with Gasteiger partial charge in [-0.25, -0.2) is 8.42 Å². The van der Waals surface area contributed by atoms with Crippen LogP contribution in [-0.4, -0.2) is 38.2 Å².